The number of benzene rings is 1. The Hall–Kier alpha value is -2.41. The molecule has 6 nitrogen and oxygen atoms in total. The van der Waals surface area contributed by atoms with E-state index in [1.807, 2.05) is 19.1 Å². The summed E-state index contributed by atoms with van der Waals surface area (Å²) < 4.78 is 25.2. The van der Waals surface area contributed by atoms with Crippen LogP contribution in [0.2, 0.25) is 0 Å². The number of nitrogens with zero attached hydrogens (tertiary/aromatic N) is 2. The maximum Gasteiger partial charge on any atom is 0.246 e. The molecule has 1 amide bonds. The second-order valence-corrected chi connectivity index (χ2v) is 7.18. The van der Waals surface area contributed by atoms with Crippen molar-refractivity contribution in [1.82, 2.24) is 4.98 Å². The molecule has 0 aliphatic heterocycles. The maximum atomic E-state index is 12.2. The summed E-state index contributed by atoms with van der Waals surface area (Å²) >= 11 is 0. The Labute approximate surface area is 136 Å². The molecule has 2 rings (SSSR count). The number of pyridine rings is 1. The van der Waals surface area contributed by atoms with Crippen molar-refractivity contribution in [3.63, 3.8) is 0 Å². The third-order valence-corrected chi connectivity index (χ3v) is 4.35. The van der Waals surface area contributed by atoms with Gasteiger partial charge >= 0.3 is 0 Å². The lowest BCUT2D eigenvalue weighted by molar-refractivity contribution is -0.114. The molecular formula is C16H19N3O3S. The van der Waals surface area contributed by atoms with Gasteiger partial charge < -0.3 is 5.32 Å². The van der Waals surface area contributed by atoms with Gasteiger partial charge in [-0.05, 0) is 37.6 Å². The van der Waals surface area contributed by atoms with Crippen LogP contribution in [0.15, 0.2) is 42.5 Å². The van der Waals surface area contributed by atoms with Crippen molar-refractivity contribution < 1.29 is 13.2 Å². The molecule has 0 saturated heterocycles. The van der Waals surface area contributed by atoms with Gasteiger partial charge in [-0.1, -0.05) is 24.3 Å². The van der Waals surface area contributed by atoms with E-state index in [-0.39, 0.29) is 6.54 Å². The van der Waals surface area contributed by atoms with Gasteiger partial charge in [0.25, 0.3) is 0 Å². The van der Waals surface area contributed by atoms with Gasteiger partial charge in [0.1, 0.15) is 12.4 Å². The van der Waals surface area contributed by atoms with Crippen molar-refractivity contribution in [2.45, 2.75) is 13.8 Å². The van der Waals surface area contributed by atoms with Gasteiger partial charge in [-0.2, -0.15) is 0 Å². The summed E-state index contributed by atoms with van der Waals surface area (Å²) in [5.74, 6) is -0.0509. The highest BCUT2D eigenvalue weighted by molar-refractivity contribution is 7.92. The summed E-state index contributed by atoms with van der Waals surface area (Å²) in [5.41, 5.74) is 2.03. The van der Waals surface area contributed by atoms with Gasteiger partial charge in [0.2, 0.25) is 15.9 Å². The minimum absolute atomic E-state index is 0.306. The van der Waals surface area contributed by atoms with Crippen molar-refractivity contribution in [2.75, 3.05) is 22.4 Å². The molecule has 0 fully saturated rings. The Morgan fingerprint density at radius 1 is 1.13 bits per heavy atom. The van der Waals surface area contributed by atoms with Crippen LogP contribution >= 0.6 is 0 Å². The molecule has 1 heterocycles. The van der Waals surface area contributed by atoms with Crippen molar-refractivity contribution >= 4 is 27.4 Å². The molecule has 0 aliphatic carbocycles. The average molecular weight is 333 g/mol. The fourth-order valence-corrected chi connectivity index (χ4v) is 3.06. The van der Waals surface area contributed by atoms with Crippen molar-refractivity contribution in [3.05, 3.63) is 53.7 Å². The number of amides is 1. The number of para-hydroxylation sites is 1. The van der Waals surface area contributed by atoms with Gasteiger partial charge in [-0.25, -0.2) is 13.4 Å². The number of carbonyl (C=O) groups is 1. The first kappa shape index (κ1) is 17.0. The number of hydrogen-bond acceptors (Lipinski definition) is 4. The quantitative estimate of drug-likeness (QED) is 0.909. The molecule has 0 bridgehead atoms. The zero-order valence-corrected chi connectivity index (χ0v) is 14.1. The van der Waals surface area contributed by atoms with Gasteiger partial charge in [-0.15, -0.1) is 0 Å². The summed E-state index contributed by atoms with van der Waals surface area (Å²) in [4.78, 5) is 16.4. The first-order chi connectivity index (χ1) is 10.8. The Bertz CT molecular complexity index is 819. The number of aromatic nitrogens is 1. The van der Waals surface area contributed by atoms with Crippen LogP contribution in [0.1, 0.15) is 11.3 Å². The standard InChI is InChI=1S/C16H19N3O3S/c1-12-7-4-5-9-14(12)19(23(3,21)22)11-16(20)18-15-10-6-8-13(2)17-15/h4-10H,11H2,1-3H3,(H,17,18,20). The molecule has 122 valence electrons. The first-order valence-corrected chi connectivity index (χ1v) is 8.89. The fraction of sp³-hybridized carbons (Fsp3) is 0.250. The van der Waals surface area contributed by atoms with E-state index in [9.17, 15) is 13.2 Å². The lowest BCUT2D eigenvalue weighted by atomic mass is 10.2. The van der Waals surface area contributed by atoms with E-state index in [1.54, 1.807) is 37.3 Å². The number of hydrogen-bond donors (Lipinski definition) is 1. The summed E-state index contributed by atoms with van der Waals surface area (Å²) in [6, 6.07) is 12.3. The second kappa shape index (κ2) is 6.78. The summed E-state index contributed by atoms with van der Waals surface area (Å²) in [7, 11) is -3.58. The van der Waals surface area contributed by atoms with Crippen molar-refractivity contribution in [2.24, 2.45) is 0 Å². The fourth-order valence-electron chi connectivity index (χ4n) is 2.15. The van der Waals surface area contributed by atoms with Crippen molar-refractivity contribution in [3.8, 4) is 0 Å². The Morgan fingerprint density at radius 2 is 1.83 bits per heavy atom. The zero-order valence-electron chi connectivity index (χ0n) is 13.3. The largest absolute Gasteiger partial charge is 0.309 e. The highest BCUT2D eigenvalue weighted by Gasteiger charge is 2.22. The number of rotatable bonds is 5. The smallest absolute Gasteiger partial charge is 0.246 e. The molecule has 7 heteroatoms. The van der Waals surface area contributed by atoms with Gasteiger partial charge in [0, 0.05) is 5.69 Å². The Morgan fingerprint density at radius 3 is 2.43 bits per heavy atom. The predicted molar refractivity (Wildman–Crippen MR) is 91.0 cm³/mol. The SMILES string of the molecule is Cc1cccc(NC(=O)CN(c2ccccc2C)S(C)(=O)=O)n1. The van der Waals surface area contributed by atoms with Gasteiger partial charge in [0.15, 0.2) is 0 Å². The van der Waals surface area contributed by atoms with Crippen LogP contribution in [-0.2, 0) is 14.8 Å². The highest BCUT2D eigenvalue weighted by Crippen LogP contribution is 2.21. The summed E-state index contributed by atoms with van der Waals surface area (Å²) in [6.07, 6.45) is 1.08. The molecular weight excluding hydrogens is 314 g/mol. The minimum Gasteiger partial charge on any atom is -0.309 e. The number of sulfonamides is 1. The van der Waals surface area contributed by atoms with E-state index < -0.39 is 15.9 Å². The van der Waals surface area contributed by atoms with Crippen LogP contribution in [0.25, 0.3) is 0 Å². The molecule has 23 heavy (non-hydrogen) atoms. The van der Waals surface area contributed by atoms with Crippen LogP contribution in [-0.4, -0.2) is 32.1 Å². The molecule has 0 radical (unpaired) electrons. The van der Waals surface area contributed by atoms with Gasteiger partial charge in [-0.3, -0.25) is 9.10 Å². The minimum atomic E-state index is -3.58. The van der Waals surface area contributed by atoms with Crippen LogP contribution in [0.4, 0.5) is 11.5 Å². The Kier molecular flexibility index (Phi) is 5.00. The molecule has 1 N–H and O–H groups in total. The van der Waals surface area contributed by atoms with Crippen LogP contribution in [0, 0.1) is 13.8 Å². The topological polar surface area (TPSA) is 79.4 Å². The van der Waals surface area contributed by atoms with Gasteiger partial charge in [0.05, 0.1) is 11.9 Å². The van der Waals surface area contributed by atoms with E-state index in [0.29, 0.717) is 11.5 Å². The zero-order chi connectivity index (χ0) is 17.0. The molecule has 0 spiro atoms. The predicted octanol–water partition coefficient (Wildman–Crippen LogP) is 2.10. The molecule has 2 aromatic rings. The van der Waals surface area contributed by atoms with Crippen LogP contribution < -0.4 is 9.62 Å². The van der Waals surface area contributed by atoms with E-state index in [2.05, 4.69) is 10.3 Å². The van der Waals surface area contributed by atoms with Crippen LogP contribution in [0.5, 0.6) is 0 Å². The van der Waals surface area contributed by atoms with E-state index >= 15 is 0 Å². The molecule has 0 atom stereocenters. The molecule has 0 saturated carbocycles. The first-order valence-electron chi connectivity index (χ1n) is 7.04. The number of carbonyl (C=O) groups excluding carboxylic acids is 1. The monoisotopic (exact) mass is 333 g/mol. The number of aryl methyl sites for hydroxylation is 2. The highest BCUT2D eigenvalue weighted by atomic mass is 32.2. The third kappa shape index (κ3) is 4.53. The summed E-state index contributed by atoms with van der Waals surface area (Å²) in [5, 5.41) is 2.62. The molecule has 0 unspecified atom stereocenters. The average Bonchev–Trinajstić information content (AvgIpc) is 2.44. The van der Waals surface area contributed by atoms with E-state index in [0.717, 1.165) is 21.8 Å². The maximum absolute atomic E-state index is 12.2. The van der Waals surface area contributed by atoms with Crippen molar-refractivity contribution in [1.29, 1.82) is 0 Å². The lowest BCUT2D eigenvalue weighted by Gasteiger charge is -2.23. The molecule has 0 aliphatic rings. The second-order valence-electron chi connectivity index (χ2n) is 5.27. The van der Waals surface area contributed by atoms with E-state index in [1.165, 1.54) is 0 Å². The Balaban J connectivity index is 2.22. The third-order valence-electron chi connectivity index (χ3n) is 3.23. The molecule has 1 aromatic carbocycles. The lowest BCUT2D eigenvalue weighted by Crippen LogP contribution is -2.38. The summed E-state index contributed by atoms with van der Waals surface area (Å²) in [6.45, 7) is 3.30. The van der Waals surface area contributed by atoms with Crippen LogP contribution in [0.3, 0.4) is 0 Å². The number of anilines is 2. The van der Waals surface area contributed by atoms with E-state index in [4.69, 9.17) is 0 Å². The number of nitrogens with one attached hydrogen (secondary N) is 1. The molecule has 1 aromatic heterocycles. The normalized spacial score (nSPS) is 11.1.